The first-order valence-corrected chi connectivity index (χ1v) is 11.7. The topological polar surface area (TPSA) is 71.4 Å². The van der Waals surface area contributed by atoms with E-state index in [2.05, 4.69) is 5.32 Å². The minimum absolute atomic E-state index is 0.196. The van der Waals surface area contributed by atoms with Crippen molar-refractivity contribution in [1.82, 2.24) is 9.88 Å². The highest BCUT2D eigenvalue weighted by molar-refractivity contribution is 6.32. The molecule has 1 aliphatic heterocycles. The fourth-order valence-corrected chi connectivity index (χ4v) is 4.85. The first-order chi connectivity index (χ1) is 16.7. The Kier molecular flexibility index (Phi) is 5.49. The van der Waals surface area contributed by atoms with Gasteiger partial charge >= 0.3 is 0 Å². The van der Waals surface area contributed by atoms with Crippen molar-refractivity contribution in [2.45, 2.75) is 32.9 Å². The molecule has 1 aromatic heterocycles. The number of fused-ring (bicyclic) bond motifs is 3. The average Bonchev–Trinajstić information content (AvgIpc) is 3.23. The monoisotopic (exact) mass is 485 g/mol. The number of carbonyl (C=O) groups excluding carboxylic acids is 3. The Morgan fingerprint density at radius 3 is 2.46 bits per heavy atom. The van der Waals surface area contributed by atoms with Crippen molar-refractivity contribution in [3.63, 3.8) is 0 Å². The van der Waals surface area contributed by atoms with Crippen LogP contribution in [0.2, 0.25) is 5.02 Å². The molecule has 2 heterocycles. The van der Waals surface area contributed by atoms with Crippen LogP contribution in [0.15, 0.2) is 72.8 Å². The number of aromatic nitrogens is 1. The van der Waals surface area contributed by atoms with Crippen LogP contribution in [0.4, 0.5) is 5.69 Å². The molecule has 4 aromatic rings. The molecule has 1 N–H and O–H groups in total. The minimum Gasteiger partial charge on any atom is -0.350 e. The van der Waals surface area contributed by atoms with E-state index in [1.807, 2.05) is 56.3 Å². The predicted molar refractivity (Wildman–Crippen MR) is 137 cm³/mol. The van der Waals surface area contributed by atoms with E-state index in [-0.39, 0.29) is 12.2 Å². The van der Waals surface area contributed by atoms with Gasteiger partial charge in [-0.3, -0.25) is 23.9 Å². The maximum absolute atomic E-state index is 14.2. The highest BCUT2D eigenvalue weighted by Gasteiger charge is 2.55. The molecule has 3 aromatic carbocycles. The van der Waals surface area contributed by atoms with Crippen molar-refractivity contribution < 1.29 is 14.4 Å². The van der Waals surface area contributed by atoms with Gasteiger partial charge < -0.3 is 5.32 Å². The summed E-state index contributed by atoms with van der Waals surface area (Å²) in [7, 11) is 0. The molecule has 6 nitrogen and oxygen atoms in total. The molecule has 1 unspecified atom stereocenters. The molecule has 5 rings (SSSR count). The van der Waals surface area contributed by atoms with E-state index in [1.165, 1.54) is 16.4 Å². The molecular formula is C28H24ClN3O3. The molecule has 0 spiro atoms. The molecule has 176 valence electrons. The van der Waals surface area contributed by atoms with Crippen molar-refractivity contribution >= 4 is 45.9 Å². The second-order valence-corrected chi connectivity index (χ2v) is 9.41. The smallest absolute Gasteiger partial charge is 0.276 e. The van der Waals surface area contributed by atoms with Gasteiger partial charge in [-0.2, -0.15) is 0 Å². The second kappa shape index (κ2) is 8.40. The van der Waals surface area contributed by atoms with Crippen LogP contribution in [0, 0.1) is 13.8 Å². The first-order valence-electron chi connectivity index (χ1n) is 11.3. The summed E-state index contributed by atoms with van der Waals surface area (Å²) in [5, 5.41) is 4.04. The van der Waals surface area contributed by atoms with E-state index in [4.69, 9.17) is 11.6 Å². The quantitative estimate of drug-likeness (QED) is 0.399. The third kappa shape index (κ3) is 3.53. The fourth-order valence-electron chi connectivity index (χ4n) is 4.67. The third-order valence-corrected chi connectivity index (χ3v) is 7.04. The molecule has 35 heavy (non-hydrogen) atoms. The number of hydrogen-bond donors (Lipinski definition) is 1. The molecule has 0 aliphatic carbocycles. The molecule has 0 fully saturated rings. The van der Waals surface area contributed by atoms with Gasteiger partial charge in [0.25, 0.3) is 17.7 Å². The summed E-state index contributed by atoms with van der Waals surface area (Å²) in [4.78, 5) is 43.3. The van der Waals surface area contributed by atoms with E-state index in [0.717, 1.165) is 16.7 Å². The van der Waals surface area contributed by atoms with Gasteiger partial charge in [-0.25, -0.2) is 0 Å². The van der Waals surface area contributed by atoms with Crippen LogP contribution in [0.25, 0.3) is 10.9 Å². The molecule has 0 radical (unpaired) electrons. The number of rotatable bonds is 4. The molecule has 1 aliphatic rings. The predicted octanol–water partition coefficient (Wildman–Crippen LogP) is 5.29. The van der Waals surface area contributed by atoms with Gasteiger partial charge in [-0.05, 0) is 67.8 Å². The third-order valence-electron chi connectivity index (χ3n) is 6.81. The summed E-state index contributed by atoms with van der Waals surface area (Å²) >= 11 is 6.17. The number of benzene rings is 3. The zero-order chi connectivity index (χ0) is 24.9. The lowest BCUT2D eigenvalue weighted by Crippen LogP contribution is -2.68. The van der Waals surface area contributed by atoms with Gasteiger partial charge in [0.05, 0.1) is 5.52 Å². The minimum atomic E-state index is -1.82. The number of halogens is 1. The normalized spacial score (nSPS) is 17.5. The molecule has 7 heteroatoms. The Hall–Kier alpha value is -3.90. The van der Waals surface area contributed by atoms with E-state index in [1.54, 1.807) is 30.3 Å². The van der Waals surface area contributed by atoms with Crippen LogP contribution in [0.1, 0.15) is 38.9 Å². The van der Waals surface area contributed by atoms with Crippen LogP contribution in [0.5, 0.6) is 0 Å². The summed E-state index contributed by atoms with van der Waals surface area (Å²) in [6.45, 7) is 5.56. The van der Waals surface area contributed by atoms with Crippen LogP contribution < -0.4 is 10.2 Å². The largest absolute Gasteiger partial charge is 0.350 e. The van der Waals surface area contributed by atoms with Gasteiger partial charge in [-0.15, -0.1) is 0 Å². The Morgan fingerprint density at radius 1 is 0.971 bits per heavy atom. The maximum Gasteiger partial charge on any atom is 0.276 e. The zero-order valence-electron chi connectivity index (χ0n) is 19.6. The lowest BCUT2D eigenvalue weighted by molar-refractivity contribution is -0.124. The van der Waals surface area contributed by atoms with Crippen LogP contribution in [0.3, 0.4) is 0 Å². The van der Waals surface area contributed by atoms with Crippen molar-refractivity contribution in [2.24, 2.45) is 0 Å². The number of carbonyl (C=O) groups is 3. The van der Waals surface area contributed by atoms with Crippen molar-refractivity contribution in [3.8, 4) is 0 Å². The molecular weight excluding hydrogens is 462 g/mol. The summed E-state index contributed by atoms with van der Waals surface area (Å²) in [5.41, 5.74) is 2.10. The Balaban J connectivity index is 1.69. The highest BCUT2D eigenvalue weighted by atomic mass is 35.5. The van der Waals surface area contributed by atoms with Gasteiger partial charge in [0.2, 0.25) is 5.54 Å². The lowest BCUT2D eigenvalue weighted by atomic mass is 9.91. The van der Waals surface area contributed by atoms with Gasteiger partial charge in [-0.1, -0.05) is 54.1 Å². The Labute approximate surface area is 208 Å². The molecule has 0 bridgehead atoms. The summed E-state index contributed by atoms with van der Waals surface area (Å²) in [5.74, 6) is -1.49. The lowest BCUT2D eigenvalue weighted by Gasteiger charge is -2.42. The molecule has 1 atom stereocenters. The molecule has 0 saturated carbocycles. The Bertz CT molecular complexity index is 1510. The van der Waals surface area contributed by atoms with Crippen LogP contribution in [-0.4, -0.2) is 27.8 Å². The van der Waals surface area contributed by atoms with E-state index in [9.17, 15) is 14.4 Å². The van der Waals surface area contributed by atoms with Gasteiger partial charge in [0.15, 0.2) is 0 Å². The number of anilines is 1. The first kappa shape index (κ1) is 22.9. The van der Waals surface area contributed by atoms with Crippen molar-refractivity contribution in [2.75, 3.05) is 4.90 Å². The van der Waals surface area contributed by atoms with Gasteiger partial charge in [0.1, 0.15) is 5.69 Å². The van der Waals surface area contributed by atoms with E-state index < -0.39 is 23.3 Å². The number of hydrogen-bond acceptors (Lipinski definition) is 3. The van der Waals surface area contributed by atoms with Crippen molar-refractivity contribution in [1.29, 1.82) is 0 Å². The molecule has 0 saturated heterocycles. The van der Waals surface area contributed by atoms with E-state index >= 15 is 0 Å². The SMILES string of the molecule is Cc1cccc(N2C(=O)c3cc4cc(Cl)ccc4n3C(=O)C2(C)C(=O)NCc2ccccc2)c1C. The summed E-state index contributed by atoms with van der Waals surface area (Å²) in [6, 6.07) is 21.7. The fraction of sp³-hybridized carbons (Fsp3) is 0.179. The van der Waals surface area contributed by atoms with Crippen molar-refractivity contribution in [3.05, 3.63) is 100 Å². The zero-order valence-corrected chi connectivity index (χ0v) is 20.4. The number of nitrogens with one attached hydrogen (secondary N) is 1. The Morgan fingerprint density at radius 2 is 1.71 bits per heavy atom. The van der Waals surface area contributed by atoms with Crippen LogP contribution in [-0.2, 0) is 11.3 Å². The number of nitrogens with zero attached hydrogens (tertiary/aromatic N) is 2. The summed E-state index contributed by atoms with van der Waals surface area (Å²) < 4.78 is 1.34. The maximum atomic E-state index is 14.2. The number of amides is 2. The van der Waals surface area contributed by atoms with Gasteiger partial charge in [0, 0.05) is 22.6 Å². The van der Waals surface area contributed by atoms with E-state index in [0.29, 0.717) is 21.6 Å². The summed E-state index contributed by atoms with van der Waals surface area (Å²) in [6.07, 6.45) is 0. The van der Waals surface area contributed by atoms with Crippen LogP contribution >= 0.6 is 11.6 Å². The highest BCUT2D eigenvalue weighted by Crippen LogP contribution is 2.38. The molecule has 2 amide bonds. The number of aryl methyl sites for hydroxylation is 1. The standard InChI is InChI=1S/C28H24ClN3O3/c1-17-8-7-11-22(18(17)2)32-25(33)24-15-20-14-21(29)12-13-23(20)31(24)27(35)28(32,3)26(34)30-16-19-9-5-4-6-10-19/h4-15H,16H2,1-3H3,(H,30,34). The average molecular weight is 486 g/mol. The second-order valence-electron chi connectivity index (χ2n) is 8.97.